The van der Waals surface area contributed by atoms with Gasteiger partial charge < -0.3 is 4.57 Å². The molecule has 0 radical (unpaired) electrons. The zero-order chi connectivity index (χ0) is 15.7. The lowest BCUT2D eigenvalue weighted by molar-refractivity contribution is -0.173. The van der Waals surface area contributed by atoms with Crippen molar-refractivity contribution < 1.29 is 18.0 Å². The summed E-state index contributed by atoms with van der Waals surface area (Å²) in [6.45, 7) is 3.28. The molecule has 8 nitrogen and oxygen atoms in total. The van der Waals surface area contributed by atoms with Crippen LogP contribution in [0.2, 0.25) is 0 Å². The molecule has 0 bridgehead atoms. The smallest absolute Gasteiger partial charge is 0.270 e. The van der Waals surface area contributed by atoms with Crippen molar-refractivity contribution in [3.63, 3.8) is 0 Å². The molecule has 0 saturated carbocycles. The molecule has 3 rings (SSSR count). The molecule has 2 aliphatic rings. The Morgan fingerprint density at radius 3 is 3.00 bits per heavy atom. The third-order valence-electron chi connectivity index (χ3n) is 3.94. The van der Waals surface area contributed by atoms with Gasteiger partial charge in [-0.1, -0.05) is 6.92 Å². The average Bonchev–Trinajstić information content (AvgIpc) is 3.16. The molecule has 2 aliphatic heterocycles. The van der Waals surface area contributed by atoms with Crippen molar-refractivity contribution in [2.75, 3.05) is 25.4 Å². The first kappa shape index (κ1) is 15.4. The van der Waals surface area contributed by atoms with Gasteiger partial charge in [0.25, 0.3) is 5.91 Å². The summed E-state index contributed by atoms with van der Waals surface area (Å²) in [7, 11) is -3.36. The monoisotopic (exact) mass is 328 g/mol. The summed E-state index contributed by atoms with van der Waals surface area (Å²) in [5.74, 6) is -0.129. The first-order chi connectivity index (χ1) is 10.5. The van der Waals surface area contributed by atoms with Crippen LogP contribution >= 0.6 is 0 Å². The van der Waals surface area contributed by atoms with Gasteiger partial charge in [-0.3, -0.25) is 9.63 Å². The fraction of sp³-hybridized carbons (Fsp3) is 0.692. The second kappa shape index (κ2) is 5.98. The van der Waals surface area contributed by atoms with Crippen molar-refractivity contribution in [2.24, 2.45) is 0 Å². The molecule has 0 aromatic carbocycles. The summed E-state index contributed by atoms with van der Waals surface area (Å²) in [6.07, 6.45) is 4.54. The summed E-state index contributed by atoms with van der Waals surface area (Å²) in [6, 6.07) is -0.615. The third-order valence-corrected chi connectivity index (χ3v) is 5.93. The van der Waals surface area contributed by atoms with E-state index in [1.165, 1.54) is 9.37 Å². The quantitative estimate of drug-likeness (QED) is 0.785. The van der Waals surface area contributed by atoms with E-state index in [1.807, 2.05) is 6.92 Å². The van der Waals surface area contributed by atoms with E-state index in [4.69, 9.17) is 4.84 Å². The minimum absolute atomic E-state index is 0.0856. The second-order valence-corrected chi connectivity index (χ2v) is 7.63. The Bertz CT molecular complexity index is 651. The number of hydrogen-bond acceptors (Lipinski definition) is 5. The minimum atomic E-state index is -3.36. The SMILES string of the molecule is CCCS(=O)(=O)N1Cc2cncn2[C@H](C(=O)N2CCCO2)C1. The van der Waals surface area contributed by atoms with E-state index in [9.17, 15) is 13.2 Å². The molecule has 0 N–H and O–H groups in total. The number of carbonyl (C=O) groups excluding carboxylic acids is 1. The molecule has 1 atom stereocenters. The number of imidazole rings is 1. The fourth-order valence-corrected chi connectivity index (χ4v) is 4.32. The number of fused-ring (bicyclic) bond motifs is 1. The maximum atomic E-state index is 12.6. The fourth-order valence-electron chi connectivity index (χ4n) is 2.84. The van der Waals surface area contributed by atoms with Crippen LogP contribution in [-0.2, 0) is 26.2 Å². The summed E-state index contributed by atoms with van der Waals surface area (Å²) in [5.41, 5.74) is 0.725. The van der Waals surface area contributed by atoms with Gasteiger partial charge in [-0.2, -0.15) is 4.31 Å². The van der Waals surface area contributed by atoms with Crippen LogP contribution in [-0.4, -0.2) is 58.7 Å². The first-order valence-corrected chi connectivity index (χ1v) is 9.06. The number of hydrogen-bond donors (Lipinski definition) is 0. The van der Waals surface area contributed by atoms with Crippen LogP contribution in [0.1, 0.15) is 31.5 Å². The standard InChI is InChI=1S/C13H20N4O4S/c1-2-6-22(19,20)15-8-11-7-14-10-16(11)12(9-15)13(18)17-4-3-5-21-17/h7,10,12H,2-6,8-9H2,1H3/t12-/m0/s1. The second-order valence-electron chi connectivity index (χ2n) is 5.54. The van der Waals surface area contributed by atoms with E-state index in [0.29, 0.717) is 19.6 Å². The largest absolute Gasteiger partial charge is 0.319 e. The lowest BCUT2D eigenvalue weighted by atomic mass is 10.2. The van der Waals surface area contributed by atoms with Crippen LogP contribution in [0.4, 0.5) is 0 Å². The predicted octanol–water partition coefficient (Wildman–Crippen LogP) is 0.143. The van der Waals surface area contributed by atoms with Gasteiger partial charge in [-0.05, 0) is 12.8 Å². The van der Waals surface area contributed by atoms with Crippen molar-refractivity contribution in [3.05, 3.63) is 18.2 Å². The van der Waals surface area contributed by atoms with Crippen molar-refractivity contribution in [1.82, 2.24) is 18.9 Å². The number of nitrogens with zero attached hydrogens (tertiary/aromatic N) is 4. The number of rotatable bonds is 4. The van der Waals surface area contributed by atoms with Crippen LogP contribution in [0.3, 0.4) is 0 Å². The van der Waals surface area contributed by atoms with Gasteiger partial charge in [0.1, 0.15) is 6.04 Å². The summed E-state index contributed by atoms with van der Waals surface area (Å²) in [5, 5.41) is 1.34. The maximum Gasteiger partial charge on any atom is 0.270 e. The van der Waals surface area contributed by atoms with Gasteiger partial charge in [0.2, 0.25) is 10.0 Å². The molecule has 0 spiro atoms. The molecule has 3 heterocycles. The van der Waals surface area contributed by atoms with Crippen LogP contribution in [0.15, 0.2) is 12.5 Å². The van der Waals surface area contributed by atoms with Crippen molar-refractivity contribution in [1.29, 1.82) is 0 Å². The minimum Gasteiger partial charge on any atom is -0.319 e. The molecular formula is C13H20N4O4S. The zero-order valence-electron chi connectivity index (χ0n) is 12.5. The van der Waals surface area contributed by atoms with Crippen LogP contribution < -0.4 is 0 Å². The third kappa shape index (κ3) is 2.75. The van der Waals surface area contributed by atoms with E-state index in [-0.39, 0.29) is 24.7 Å². The Hall–Kier alpha value is -1.45. The van der Waals surface area contributed by atoms with E-state index in [1.54, 1.807) is 17.1 Å². The molecular weight excluding hydrogens is 308 g/mol. The molecule has 1 saturated heterocycles. The van der Waals surface area contributed by atoms with E-state index in [0.717, 1.165) is 12.1 Å². The van der Waals surface area contributed by atoms with E-state index >= 15 is 0 Å². The maximum absolute atomic E-state index is 12.6. The molecule has 1 amide bonds. The predicted molar refractivity (Wildman–Crippen MR) is 78.0 cm³/mol. The molecule has 1 aromatic rings. The highest BCUT2D eigenvalue weighted by Crippen LogP contribution is 2.26. The average molecular weight is 328 g/mol. The van der Waals surface area contributed by atoms with Crippen molar-refractivity contribution in [3.8, 4) is 0 Å². The van der Waals surface area contributed by atoms with Gasteiger partial charge in [0, 0.05) is 12.7 Å². The Balaban J connectivity index is 1.88. The number of carbonyl (C=O) groups is 1. The Labute approximate surface area is 129 Å². The highest BCUT2D eigenvalue weighted by atomic mass is 32.2. The molecule has 0 aliphatic carbocycles. The van der Waals surface area contributed by atoms with Crippen LogP contribution in [0.5, 0.6) is 0 Å². The van der Waals surface area contributed by atoms with Crippen LogP contribution in [0, 0.1) is 0 Å². The lowest BCUT2D eigenvalue weighted by Gasteiger charge is -2.34. The van der Waals surface area contributed by atoms with Gasteiger partial charge >= 0.3 is 0 Å². The summed E-state index contributed by atoms with van der Waals surface area (Å²) >= 11 is 0. The number of amides is 1. The summed E-state index contributed by atoms with van der Waals surface area (Å²) in [4.78, 5) is 22.0. The first-order valence-electron chi connectivity index (χ1n) is 7.45. The number of aromatic nitrogens is 2. The number of hydroxylamine groups is 2. The molecule has 122 valence electrons. The Kier molecular flexibility index (Phi) is 4.20. The molecule has 0 unspecified atom stereocenters. The van der Waals surface area contributed by atoms with E-state index < -0.39 is 16.1 Å². The summed E-state index contributed by atoms with van der Waals surface area (Å²) < 4.78 is 27.8. The highest BCUT2D eigenvalue weighted by Gasteiger charge is 2.38. The highest BCUT2D eigenvalue weighted by molar-refractivity contribution is 7.89. The van der Waals surface area contributed by atoms with Gasteiger partial charge in [-0.25, -0.2) is 18.5 Å². The topological polar surface area (TPSA) is 84.7 Å². The Morgan fingerprint density at radius 1 is 1.50 bits per heavy atom. The van der Waals surface area contributed by atoms with Gasteiger partial charge in [-0.15, -0.1) is 0 Å². The molecule has 1 fully saturated rings. The van der Waals surface area contributed by atoms with Crippen molar-refractivity contribution in [2.45, 2.75) is 32.4 Å². The number of sulfonamides is 1. The molecule has 1 aromatic heterocycles. The van der Waals surface area contributed by atoms with Crippen molar-refractivity contribution >= 4 is 15.9 Å². The van der Waals surface area contributed by atoms with Gasteiger partial charge in [0.15, 0.2) is 0 Å². The van der Waals surface area contributed by atoms with Crippen LogP contribution in [0.25, 0.3) is 0 Å². The van der Waals surface area contributed by atoms with E-state index in [2.05, 4.69) is 4.98 Å². The Morgan fingerprint density at radius 2 is 2.32 bits per heavy atom. The van der Waals surface area contributed by atoms with Gasteiger partial charge in [0.05, 0.1) is 37.5 Å². The molecule has 22 heavy (non-hydrogen) atoms. The lowest BCUT2D eigenvalue weighted by Crippen LogP contribution is -2.47. The zero-order valence-corrected chi connectivity index (χ0v) is 13.3. The molecule has 9 heteroatoms. The normalized spacial score (nSPS) is 22.8.